The summed E-state index contributed by atoms with van der Waals surface area (Å²) < 4.78 is 87.8. The number of nitrogens with zero attached hydrogens (tertiary/aromatic N) is 4. The van der Waals surface area contributed by atoms with Crippen molar-refractivity contribution in [1.29, 1.82) is 0 Å². The average molecular weight is 1070 g/mol. The van der Waals surface area contributed by atoms with Gasteiger partial charge in [-0.2, -0.15) is 0 Å². The Bertz CT molecular complexity index is 4740. The monoisotopic (exact) mass is 1070 g/mol. The summed E-state index contributed by atoms with van der Waals surface area (Å²) in [7, 11) is 0. The Morgan fingerprint density at radius 3 is 1.86 bits per heavy atom. The van der Waals surface area contributed by atoms with Crippen molar-refractivity contribution < 1.29 is 17.1 Å². The van der Waals surface area contributed by atoms with Crippen LogP contribution in [-0.2, 0) is 21.7 Å². The number of rotatable bonds is 9. The Morgan fingerprint density at radius 2 is 1.12 bits per heavy atom. The van der Waals surface area contributed by atoms with Crippen LogP contribution in [0.1, 0.15) is 117 Å². The predicted octanol–water partition coefficient (Wildman–Crippen LogP) is 20.8. The number of pyridine rings is 1. The first-order valence-corrected chi connectivity index (χ1v) is 28.2. The maximum Gasteiger partial charge on any atom is 0.137 e. The largest absolute Gasteiger partial charge is 0.457 e. The quantitative estimate of drug-likeness (QED) is 0.144. The van der Waals surface area contributed by atoms with Gasteiger partial charge in [0.1, 0.15) is 24.0 Å². The van der Waals surface area contributed by atoms with Gasteiger partial charge in [-0.3, -0.25) is 4.57 Å². The van der Waals surface area contributed by atoms with Crippen molar-refractivity contribution in [3.05, 3.63) is 241 Å². The lowest BCUT2D eigenvalue weighted by molar-refractivity contribution is 0.332. The SMILES string of the molecule is [2H]c1c([2H])c([2H])c(-c2cnc(-n3c4cc(Oc5cccc(N6CN(c7c(-c8cccc(-c9ccccc9)c8)cc(C(C)(C)C)cc7-c7ccc8c(c7)C(C)(C)CCC8(C)C)c7ccccc76)c5)ccc4c4c([2H])c([2H])c([2H])c([2H])c43)cc2C(C)(C)C)c([2H])c1[2H]. The zero-order valence-electron chi connectivity index (χ0n) is 56.9. The van der Waals surface area contributed by atoms with Crippen molar-refractivity contribution in [3.63, 3.8) is 0 Å². The van der Waals surface area contributed by atoms with Gasteiger partial charge in [-0.25, -0.2) is 4.98 Å². The van der Waals surface area contributed by atoms with Gasteiger partial charge in [0.2, 0.25) is 0 Å². The Labute approximate surface area is 491 Å². The number of aromatic nitrogens is 2. The topological polar surface area (TPSA) is 33.5 Å². The molecule has 0 N–H and O–H groups in total. The van der Waals surface area contributed by atoms with E-state index in [1.165, 1.54) is 28.5 Å². The Hall–Kier alpha value is -8.67. The third-order valence-electron chi connectivity index (χ3n) is 16.9. The lowest BCUT2D eigenvalue weighted by Crippen LogP contribution is -2.33. The molecule has 9 aromatic carbocycles. The highest BCUT2D eigenvalue weighted by atomic mass is 16.5. The highest BCUT2D eigenvalue weighted by Crippen LogP contribution is 2.54. The molecule has 0 unspecified atom stereocenters. The highest BCUT2D eigenvalue weighted by molar-refractivity contribution is 6.09. The van der Waals surface area contributed by atoms with Gasteiger partial charge in [0.05, 0.1) is 40.4 Å². The predicted molar refractivity (Wildman–Crippen MR) is 342 cm³/mol. The zero-order chi connectivity index (χ0) is 63.8. The molecule has 81 heavy (non-hydrogen) atoms. The van der Waals surface area contributed by atoms with E-state index in [2.05, 4.69) is 174 Å². The Kier molecular flexibility index (Phi) is 10.2. The smallest absolute Gasteiger partial charge is 0.137 e. The summed E-state index contributed by atoms with van der Waals surface area (Å²) in [5.74, 6) is 1.30. The molecular weight excluding hydrogens is 985 g/mol. The van der Waals surface area contributed by atoms with Crippen LogP contribution in [0, 0.1) is 0 Å². The van der Waals surface area contributed by atoms with E-state index in [-0.39, 0.29) is 57.5 Å². The van der Waals surface area contributed by atoms with Gasteiger partial charge in [-0.15, -0.1) is 0 Å². The molecule has 0 saturated carbocycles. The molecule has 1 aliphatic carbocycles. The Morgan fingerprint density at radius 1 is 0.481 bits per heavy atom. The second-order valence-corrected chi connectivity index (χ2v) is 25.3. The third-order valence-corrected chi connectivity index (χ3v) is 16.9. The molecular formula is C76H72N4O. The van der Waals surface area contributed by atoms with Crippen LogP contribution in [0.5, 0.6) is 11.5 Å². The second kappa shape index (κ2) is 19.6. The molecule has 2 aliphatic rings. The number of hydrogen-bond acceptors (Lipinski definition) is 4. The normalized spacial score (nSPS) is 16.3. The number of benzene rings is 9. The van der Waals surface area contributed by atoms with Crippen LogP contribution >= 0.6 is 0 Å². The first-order chi connectivity index (χ1) is 42.6. The summed E-state index contributed by atoms with van der Waals surface area (Å²) in [6.07, 6.45) is 3.73. The highest BCUT2D eigenvalue weighted by Gasteiger charge is 2.38. The molecule has 5 heteroatoms. The van der Waals surface area contributed by atoms with Crippen molar-refractivity contribution in [2.24, 2.45) is 0 Å². The summed E-state index contributed by atoms with van der Waals surface area (Å²) in [5, 5.41) is 0.850. The number of ether oxygens (including phenoxy) is 1. The molecule has 0 bridgehead atoms. The van der Waals surface area contributed by atoms with Crippen LogP contribution in [0.4, 0.5) is 22.7 Å². The van der Waals surface area contributed by atoms with Gasteiger partial charge in [-0.1, -0.05) is 203 Å². The van der Waals surface area contributed by atoms with Gasteiger partial charge >= 0.3 is 0 Å². The van der Waals surface area contributed by atoms with Gasteiger partial charge < -0.3 is 14.5 Å². The standard InChI is InChI=1S/C76H72N4O/c1-73(2,3)55-43-61(53-28-21-27-52(41-53)50-23-13-11-14-24-50)72(62(44-55)54-35-38-64-66(42-54)76(9,10)40-39-75(64,7)8)79-49-78(68-33-19-20-34-69(68)79)56-29-22-30-57(45-56)81-58-36-37-60-59-31-17-18-32-67(59)80(70(60)46-58)71-47-65(74(4,5)6)63(48-77-71)51-25-15-12-16-26-51/h11-38,41-48H,39-40,49H2,1-10H3/i12D,15D,16D,17D,18D,25D,26D,31D,32D. The average Bonchev–Trinajstić information content (AvgIpc) is 1.52. The molecule has 1 aliphatic heterocycles. The van der Waals surface area contributed by atoms with Crippen LogP contribution in [0.25, 0.3) is 72.1 Å². The molecule has 2 aromatic heterocycles. The summed E-state index contributed by atoms with van der Waals surface area (Å²) in [6, 6.07) is 52.1. The molecule has 5 nitrogen and oxygen atoms in total. The van der Waals surface area contributed by atoms with E-state index in [9.17, 15) is 2.74 Å². The van der Waals surface area contributed by atoms with Crippen molar-refractivity contribution in [1.82, 2.24) is 9.55 Å². The van der Waals surface area contributed by atoms with E-state index >= 15 is 0 Å². The fraction of sp³-hybridized carbons (Fsp3) is 0.224. The summed E-state index contributed by atoms with van der Waals surface area (Å²) in [4.78, 5) is 9.72. The van der Waals surface area contributed by atoms with Crippen LogP contribution < -0.4 is 14.5 Å². The molecule has 0 spiro atoms. The van der Waals surface area contributed by atoms with E-state index < -0.39 is 29.6 Å². The van der Waals surface area contributed by atoms with Gasteiger partial charge in [-0.05, 0) is 151 Å². The minimum Gasteiger partial charge on any atom is -0.457 e. The van der Waals surface area contributed by atoms with Crippen molar-refractivity contribution in [2.45, 2.75) is 104 Å². The number of para-hydroxylation sites is 3. The van der Waals surface area contributed by atoms with E-state index in [4.69, 9.17) is 19.3 Å². The lowest BCUT2D eigenvalue weighted by Gasteiger charge is -2.42. The van der Waals surface area contributed by atoms with E-state index in [1.54, 1.807) is 10.6 Å². The maximum atomic E-state index is 9.34. The number of fused-ring (bicyclic) bond motifs is 5. The van der Waals surface area contributed by atoms with Gasteiger partial charge in [0.25, 0.3) is 0 Å². The fourth-order valence-electron chi connectivity index (χ4n) is 12.3. The number of hydrogen-bond donors (Lipinski definition) is 0. The zero-order valence-corrected chi connectivity index (χ0v) is 47.9. The first kappa shape index (κ1) is 42.2. The third kappa shape index (κ3) is 9.37. The van der Waals surface area contributed by atoms with E-state index in [1.807, 2.05) is 57.2 Å². The molecule has 3 heterocycles. The van der Waals surface area contributed by atoms with E-state index in [0.29, 0.717) is 51.4 Å². The molecule has 0 atom stereocenters. The van der Waals surface area contributed by atoms with Crippen molar-refractivity contribution in [2.75, 3.05) is 16.5 Å². The summed E-state index contributed by atoms with van der Waals surface area (Å²) >= 11 is 0. The Balaban J connectivity index is 0.942. The van der Waals surface area contributed by atoms with Gasteiger partial charge in [0.15, 0.2) is 0 Å². The van der Waals surface area contributed by atoms with Crippen LogP contribution in [0.2, 0.25) is 0 Å². The summed E-state index contributed by atoms with van der Waals surface area (Å²) in [5.41, 5.74) is 15.9. The molecule has 13 rings (SSSR count). The number of anilines is 4. The van der Waals surface area contributed by atoms with Crippen molar-refractivity contribution in [3.8, 4) is 61.8 Å². The lowest BCUT2D eigenvalue weighted by atomic mass is 9.63. The molecule has 0 saturated heterocycles. The van der Waals surface area contributed by atoms with Crippen LogP contribution in [0.15, 0.2) is 218 Å². The van der Waals surface area contributed by atoms with Crippen LogP contribution in [0.3, 0.4) is 0 Å². The second-order valence-electron chi connectivity index (χ2n) is 25.3. The molecule has 402 valence electrons. The molecule has 0 fully saturated rings. The molecule has 0 radical (unpaired) electrons. The van der Waals surface area contributed by atoms with Gasteiger partial charge in [0, 0.05) is 51.5 Å². The fourth-order valence-corrected chi connectivity index (χ4v) is 12.3. The minimum atomic E-state index is -0.660. The minimum absolute atomic E-state index is 0.0120. The van der Waals surface area contributed by atoms with Crippen LogP contribution in [-0.4, -0.2) is 16.2 Å². The van der Waals surface area contributed by atoms with Crippen molar-refractivity contribution >= 4 is 44.6 Å². The molecule has 0 amide bonds. The first-order valence-electron chi connectivity index (χ1n) is 32.7. The maximum absolute atomic E-state index is 9.34. The summed E-state index contributed by atoms with van der Waals surface area (Å²) in [6.45, 7) is 22.8. The molecule has 11 aromatic rings. The van der Waals surface area contributed by atoms with E-state index in [0.717, 1.165) is 63.4 Å².